The summed E-state index contributed by atoms with van der Waals surface area (Å²) in [5, 5.41) is 1.96. The Morgan fingerprint density at radius 1 is 1.40 bits per heavy atom. The maximum absolute atomic E-state index is 12.6. The molecule has 0 aromatic rings. The summed E-state index contributed by atoms with van der Waals surface area (Å²) >= 11 is 0. The lowest BCUT2D eigenvalue weighted by Crippen LogP contribution is -2.50. The molecule has 20 heavy (non-hydrogen) atoms. The summed E-state index contributed by atoms with van der Waals surface area (Å²) in [5.41, 5.74) is 3.43. The van der Waals surface area contributed by atoms with Gasteiger partial charge >= 0.3 is 5.97 Å². The fourth-order valence-corrected chi connectivity index (χ4v) is 3.51. The standard InChI is InChI=1S/C14H21N3O3/c1-20-12(18)6-7-16-8-9-17-13(14(16)19)10-4-2-3-5-11(10)15-17/h8-11,13,15H,2-7H2,1H3. The van der Waals surface area contributed by atoms with Crippen molar-refractivity contribution in [3.05, 3.63) is 12.4 Å². The van der Waals surface area contributed by atoms with Gasteiger partial charge in [0.25, 0.3) is 5.91 Å². The predicted molar refractivity (Wildman–Crippen MR) is 72.0 cm³/mol. The van der Waals surface area contributed by atoms with Crippen LogP contribution in [0.4, 0.5) is 0 Å². The van der Waals surface area contributed by atoms with Crippen LogP contribution in [0, 0.1) is 5.92 Å². The van der Waals surface area contributed by atoms with E-state index in [2.05, 4.69) is 10.2 Å². The number of hydrogen-bond acceptors (Lipinski definition) is 5. The van der Waals surface area contributed by atoms with Gasteiger partial charge in [-0.1, -0.05) is 12.8 Å². The number of nitrogens with zero attached hydrogens (tertiary/aromatic N) is 2. The van der Waals surface area contributed by atoms with E-state index in [1.807, 2.05) is 11.2 Å². The first-order chi connectivity index (χ1) is 9.70. The third-order valence-corrected chi connectivity index (χ3v) is 4.57. The summed E-state index contributed by atoms with van der Waals surface area (Å²) in [4.78, 5) is 25.5. The molecule has 2 aliphatic heterocycles. The Hall–Kier alpha value is -1.56. The Kier molecular flexibility index (Phi) is 3.65. The van der Waals surface area contributed by atoms with Crippen LogP contribution in [-0.4, -0.2) is 47.5 Å². The van der Waals surface area contributed by atoms with E-state index in [1.54, 1.807) is 11.1 Å². The maximum Gasteiger partial charge on any atom is 0.307 e. The fourth-order valence-electron chi connectivity index (χ4n) is 3.51. The summed E-state index contributed by atoms with van der Waals surface area (Å²) < 4.78 is 4.63. The molecular weight excluding hydrogens is 258 g/mol. The number of hydrazine groups is 1. The summed E-state index contributed by atoms with van der Waals surface area (Å²) in [6.45, 7) is 0.393. The minimum absolute atomic E-state index is 0.0957. The molecule has 0 aromatic heterocycles. The van der Waals surface area contributed by atoms with Crippen molar-refractivity contribution in [1.29, 1.82) is 0 Å². The average molecular weight is 279 g/mol. The van der Waals surface area contributed by atoms with Crippen LogP contribution in [0.25, 0.3) is 0 Å². The van der Waals surface area contributed by atoms with Crippen molar-refractivity contribution in [1.82, 2.24) is 15.3 Å². The van der Waals surface area contributed by atoms with Crippen molar-refractivity contribution >= 4 is 11.9 Å². The largest absolute Gasteiger partial charge is 0.469 e. The second kappa shape index (κ2) is 5.44. The molecule has 0 radical (unpaired) electrons. The molecule has 3 unspecified atom stereocenters. The number of hydrogen-bond donors (Lipinski definition) is 1. The first-order valence-corrected chi connectivity index (χ1v) is 7.31. The number of fused-ring (bicyclic) bond motifs is 3. The Labute approximate surface area is 118 Å². The van der Waals surface area contributed by atoms with Crippen LogP contribution in [0.5, 0.6) is 0 Å². The zero-order valence-corrected chi connectivity index (χ0v) is 11.7. The minimum Gasteiger partial charge on any atom is -0.469 e. The van der Waals surface area contributed by atoms with Gasteiger partial charge in [-0.05, 0) is 12.8 Å². The van der Waals surface area contributed by atoms with E-state index in [0.717, 1.165) is 12.8 Å². The number of rotatable bonds is 3. The summed E-state index contributed by atoms with van der Waals surface area (Å²) in [6, 6.07) is 0.311. The van der Waals surface area contributed by atoms with Gasteiger partial charge < -0.3 is 14.6 Å². The van der Waals surface area contributed by atoms with Gasteiger partial charge in [0, 0.05) is 30.9 Å². The van der Waals surface area contributed by atoms with Crippen molar-refractivity contribution in [2.24, 2.45) is 5.92 Å². The molecule has 1 saturated carbocycles. The maximum atomic E-state index is 12.6. The van der Waals surface area contributed by atoms with E-state index in [1.165, 1.54) is 20.0 Å². The van der Waals surface area contributed by atoms with Gasteiger partial charge in [0.05, 0.1) is 13.5 Å². The van der Waals surface area contributed by atoms with Gasteiger partial charge in [-0.15, -0.1) is 0 Å². The van der Waals surface area contributed by atoms with Crippen LogP contribution in [0.15, 0.2) is 12.4 Å². The average Bonchev–Trinajstić information content (AvgIpc) is 2.85. The second-order valence-corrected chi connectivity index (χ2v) is 5.69. The molecule has 6 nitrogen and oxygen atoms in total. The third kappa shape index (κ3) is 2.28. The molecule has 0 aromatic carbocycles. The molecule has 3 rings (SSSR count). The highest BCUT2D eigenvalue weighted by Gasteiger charge is 2.47. The number of carbonyl (C=O) groups is 2. The normalized spacial score (nSPS) is 32.0. The number of nitrogens with one attached hydrogen (secondary N) is 1. The molecule has 110 valence electrons. The number of ether oxygens (including phenoxy) is 1. The molecule has 0 spiro atoms. The fraction of sp³-hybridized carbons (Fsp3) is 0.714. The SMILES string of the molecule is COC(=O)CCN1C=CN2NC3CCCCC3C2C1=O. The molecule has 1 amide bonds. The molecule has 3 aliphatic rings. The highest BCUT2D eigenvalue weighted by molar-refractivity contribution is 5.85. The monoisotopic (exact) mass is 279 g/mol. The number of amides is 1. The lowest BCUT2D eigenvalue weighted by molar-refractivity contribution is -0.142. The number of esters is 1. The highest BCUT2D eigenvalue weighted by Crippen LogP contribution is 2.36. The van der Waals surface area contributed by atoms with E-state index >= 15 is 0 Å². The molecule has 6 heteroatoms. The van der Waals surface area contributed by atoms with E-state index in [4.69, 9.17) is 0 Å². The third-order valence-electron chi connectivity index (χ3n) is 4.57. The molecule has 1 saturated heterocycles. The molecule has 2 heterocycles. The predicted octanol–water partition coefficient (Wildman–Crippen LogP) is 0.610. The Morgan fingerprint density at radius 3 is 3.00 bits per heavy atom. The first-order valence-electron chi connectivity index (χ1n) is 7.31. The molecule has 0 bridgehead atoms. The van der Waals surface area contributed by atoms with Crippen molar-refractivity contribution in [2.75, 3.05) is 13.7 Å². The quantitative estimate of drug-likeness (QED) is 0.767. The second-order valence-electron chi connectivity index (χ2n) is 5.69. The smallest absolute Gasteiger partial charge is 0.307 e. The van der Waals surface area contributed by atoms with Crippen LogP contribution in [0.2, 0.25) is 0 Å². The summed E-state index contributed by atoms with van der Waals surface area (Å²) in [6.07, 6.45) is 8.59. The van der Waals surface area contributed by atoms with Gasteiger partial charge in [0.15, 0.2) is 0 Å². The molecule has 1 N–H and O–H groups in total. The first kappa shape index (κ1) is 13.4. The zero-order valence-electron chi connectivity index (χ0n) is 11.7. The van der Waals surface area contributed by atoms with Crippen LogP contribution < -0.4 is 5.43 Å². The Bertz CT molecular complexity index is 437. The van der Waals surface area contributed by atoms with Crippen LogP contribution >= 0.6 is 0 Å². The minimum atomic E-state index is -0.284. The van der Waals surface area contributed by atoms with Crippen molar-refractivity contribution in [2.45, 2.75) is 44.2 Å². The Morgan fingerprint density at radius 2 is 2.20 bits per heavy atom. The van der Waals surface area contributed by atoms with Crippen LogP contribution in [-0.2, 0) is 14.3 Å². The van der Waals surface area contributed by atoms with E-state index in [9.17, 15) is 9.59 Å². The lowest BCUT2D eigenvalue weighted by Gasteiger charge is -2.34. The van der Waals surface area contributed by atoms with Crippen LogP contribution in [0.3, 0.4) is 0 Å². The number of methoxy groups -OCH3 is 1. The summed E-state index contributed by atoms with van der Waals surface area (Å²) in [7, 11) is 1.37. The summed E-state index contributed by atoms with van der Waals surface area (Å²) in [5.74, 6) is 0.203. The molecule has 2 fully saturated rings. The van der Waals surface area contributed by atoms with E-state index in [-0.39, 0.29) is 24.3 Å². The number of carbonyl (C=O) groups excluding carboxylic acids is 2. The van der Waals surface area contributed by atoms with Gasteiger partial charge in [0.2, 0.25) is 0 Å². The molecule has 1 aliphatic carbocycles. The van der Waals surface area contributed by atoms with Gasteiger partial charge in [-0.25, -0.2) is 5.43 Å². The molecular formula is C14H21N3O3. The van der Waals surface area contributed by atoms with Crippen molar-refractivity contribution < 1.29 is 14.3 Å². The van der Waals surface area contributed by atoms with Crippen molar-refractivity contribution in [3.63, 3.8) is 0 Å². The van der Waals surface area contributed by atoms with E-state index in [0.29, 0.717) is 18.5 Å². The van der Waals surface area contributed by atoms with Crippen molar-refractivity contribution in [3.8, 4) is 0 Å². The van der Waals surface area contributed by atoms with E-state index < -0.39 is 0 Å². The van der Waals surface area contributed by atoms with Crippen LogP contribution in [0.1, 0.15) is 32.1 Å². The topological polar surface area (TPSA) is 61.9 Å². The van der Waals surface area contributed by atoms with Gasteiger partial charge in [-0.2, -0.15) is 0 Å². The Balaban J connectivity index is 1.68. The lowest BCUT2D eigenvalue weighted by atomic mass is 9.81. The van der Waals surface area contributed by atoms with Gasteiger partial charge in [0.1, 0.15) is 6.04 Å². The zero-order chi connectivity index (χ0) is 14.1. The van der Waals surface area contributed by atoms with Gasteiger partial charge in [-0.3, -0.25) is 9.59 Å². The highest BCUT2D eigenvalue weighted by atomic mass is 16.5. The molecule has 3 atom stereocenters.